The fourth-order valence-corrected chi connectivity index (χ4v) is 1.88. The van der Waals surface area contributed by atoms with Crippen LogP contribution >= 0.6 is 11.3 Å². The Morgan fingerprint density at radius 1 is 1.60 bits per heavy atom. The number of thiazole rings is 1. The summed E-state index contributed by atoms with van der Waals surface area (Å²) in [6.07, 6.45) is 2.91. The number of nitrogens with zero attached hydrogens (tertiary/aromatic N) is 1. The van der Waals surface area contributed by atoms with Crippen molar-refractivity contribution in [2.75, 3.05) is 7.11 Å². The van der Waals surface area contributed by atoms with E-state index in [1.54, 1.807) is 13.3 Å². The minimum atomic E-state index is -0.227. The van der Waals surface area contributed by atoms with E-state index in [2.05, 4.69) is 4.98 Å². The minimum Gasteiger partial charge on any atom is -0.379 e. The zero-order chi connectivity index (χ0) is 11.5. The molecular formula is C11H17NO2S. The highest BCUT2D eigenvalue weighted by Gasteiger charge is 2.19. The van der Waals surface area contributed by atoms with Gasteiger partial charge < -0.3 is 4.74 Å². The van der Waals surface area contributed by atoms with Gasteiger partial charge >= 0.3 is 0 Å². The zero-order valence-electron chi connectivity index (χ0n) is 9.66. The first-order chi connectivity index (χ1) is 6.94. The molecule has 0 aliphatic heterocycles. The van der Waals surface area contributed by atoms with E-state index < -0.39 is 0 Å². The quantitative estimate of drug-likeness (QED) is 0.726. The van der Waals surface area contributed by atoms with E-state index in [-0.39, 0.29) is 11.4 Å². The van der Waals surface area contributed by atoms with E-state index in [0.717, 1.165) is 16.3 Å². The van der Waals surface area contributed by atoms with Crippen molar-refractivity contribution in [3.8, 4) is 0 Å². The number of ether oxygens (including phenoxy) is 1. The number of hydrogen-bond donors (Lipinski definition) is 0. The molecular weight excluding hydrogens is 210 g/mol. The van der Waals surface area contributed by atoms with Crippen molar-refractivity contribution in [3.05, 3.63) is 16.1 Å². The second kappa shape index (κ2) is 4.86. The third kappa shape index (κ3) is 3.72. The molecule has 0 spiro atoms. The van der Waals surface area contributed by atoms with Crippen LogP contribution in [0.25, 0.3) is 0 Å². The number of Topliss-reactive ketones (excluding diaryl/α,β-unsaturated/α-hetero) is 1. The van der Waals surface area contributed by atoms with Gasteiger partial charge in [0.05, 0.1) is 15.5 Å². The van der Waals surface area contributed by atoms with Crippen LogP contribution in [-0.4, -0.2) is 23.5 Å². The first kappa shape index (κ1) is 12.3. The van der Waals surface area contributed by atoms with Crippen LogP contribution in [0.2, 0.25) is 0 Å². The lowest BCUT2D eigenvalue weighted by Gasteiger charge is -2.21. The first-order valence-corrected chi connectivity index (χ1v) is 5.77. The fraction of sp³-hybridized carbons (Fsp3) is 0.636. The average Bonchev–Trinajstić information content (AvgIpc) is 2.61. The molecule has 0 saturated carbocycles. The fourth-order valence-electron chi connectivity index (χ4n) is 1.13. The Morgan fingerprint density at radius 3 is 2.73 bits per heavy atom. The van der Waals surface area contributed by atoms with Gasteiger partial charge in [-0.2, -0.15) is 0 Å². The molecule has 0 N–H and O–H groups in total. The number of aromatic nitrogens is 1. The number of carbonyl (C=O) groups excluding carboxylic acids is 1. The molecule has 0 aromatic carbocycles. The third-order valence-electron chi connectivity index (χ3n) is 2.40. The van der Waals surface area contributed by atoms with Gasteiger partial charge in [-0.1, -0.05) is 0 Å². The monoisotopic (exact) mass is 227 g/mol. The van der Waals surface area contributed by atoms with Crippen LogP contribution in [0.15, 0.2) is 6.20 Å². The van der Waals surface area contributed by atoms with Gasteiger partial charge in [0.15, 0.2) is 5.78 Å². The lowest BCUT2D eigenvalue weighted by Crippen LogP contribution is -2.23. The highest BCUT2D eigenvalue weighted by molar-refractivity contribution is 7.13. The molecule has 0 unspecified atom stereocenters. The van der Waals surface area contributed by atoms with Crippen LogP contribution in [0.5, 0.6) is 0 Å². The largest absolute Gasteiger partial charge is 0.379 e. The molecule has 84 valence electrons. The van der Waals surface area contributed by atoms with Crippen molar-refractivity contribution in [2.45, 2.75) is 39.2 Å². The Labute approximate surface area is 94.5 Å². The maximum Gasteiger partial charge on any atom is 0.174 e. The highest BCUT2D eigenvalue weighted by atomic mass is 32.1. The van der Waals surface area contributed by atoms with Gasteiger partial charge in [-0.05, 0) is 27.2 Å². The number of carbonyl (C=O) groups is 1. The molecule has 0 fully saturated rings. The molecule has 1 rings (SSSR count). The second-order valence-corrected chi connectivity index (χ2v) is 5.37. The third-order valence-corrected chi connectivity index (χ3v) is 3.36. The van der Waals surface area contributed by atoms with Gasteiger partial charge in [-0.25, -0.2) is 4.98 Å². The predicted octanol–water partition coefficient (Wildman–Crippen LogP) is 2.84. The van der Waals surface area contributed by atoms with Gasteiger partial charge in [-0.15, -0.1) is 11.3 Å². The molecule has 15 heavy (non-hydrogen) atoms. The number of hydrogen-bond acceptors (Lipinski definition) is 4. The lowest BCUT2D eigenvalue weighted by atomic mass is 10.0. The predicted molar refractivity (Wildman–Crippen MR) is 61.5 cm³/mol. The summed E-state index contributed by atoms with van der Waals surface area (Å²) in [5.74, 6) is 0.158. The average molecular weight is 227 g/mol. The molecule has 1 heterocycles. The molecule has 0 amide bonds. The van der Waals surface area contributed by atoms with Crippen LogP contribution < -0.4 is 0 Å². The maximum absolute atomic E-state index is 11.7. The molecule has 3 nitrogen and oxygen atoms in total. The SMILES string of the molecule is COC(C)(C)CCC(=O)c1cnc(C)s1. The molecule has 0 atom stereocenters. The van der Waals surface area contributed by atoms with Crippen LogP contribution in [0.1, 0.15) is 41.4 Å². The molecule has 1 aromatic rings. The van der Waals surface area contributed by atoms with E-state index in [4.69, 9.17) is 4.74 Å². The summed E-state index contributed by atoms with van der Waals surface area (Å²) in [5.41, 5.74) is -0.227. The summed E-state index contributed by atoms with van der Waals surface area (Å²) in [6.45, 7) is 5.87. The minimum absolute atomic E-state index is 0.158. The van der Waals surface area contributed by atoms with E-state index in [0.29, 0.717) is 6.42 Å². The van der Waals surface area contributed by atoms with E-state index >= 15 is 0 Å². The number of rotatable bonds is 5. The van der Waals surface area contributed by atoms with Gasteiger partial charge in [0.2, 0.25) is 0 Å². The van der Waals surface area contributed by atoms with Crippen molar-refractivity contribution >= 4 is 17.1 Å². The van der Waals surface area contributed by atoms with Crippen molar-refractivity contribution < 1.29 is 9.53 Å². The van der Waals surface area contributed by atoms with Crippen molar-refractivity contribution in [2.24, 2.45) is 0 Å². The Bertz CT molecular complexity index is 344. The van der Waals surface area contributed by atoms with Crippen molar-refractivity contribution in [3.63, 3.8) is 0 Å². The summed E-state index contributed by atoms with van der Waals surface area (Å²) < 4.78 is 5.26. The Morgan fingerprint density at radius 2 is 2.27 bits per heavy atom. The number of methoxy groups -OCH3 is 1. The van der Waals surface area contributed by atoms with Crippen LogP contribution in [0.4, 0.5) is 0 Å². The van der Waals surface area contributed by atoms with Gasteiger partial charge in [0, 0.05) is 19.7 Å². The lowest BCUT2D eigenvalue weighted by molar-refractivity contribution is 0.0142. The second-order valence-electron chi connectivity index (χ2n) is 4.13. The summed E-state index contributed by atoms with van der Waals surface area (Å²) in [5, 5.41) is 0.935. The highest BCUT2D eigenvalue weighted by Crippen LogP contribution is 2.20. The van der Waals surface area contributed by atoms with Crippen LogP contribution in [0, 0.1) is 6.92 Å². The Hall–Kier alpha value is -0.740. The Balaban J connectivity index is 2.50. The van der Waals surface area contributed by atoms with Crippen LogP contribution in [-0.2, 0) is 4.74 Å². The molecule has 0 bridgehead atoms. The van der Waals surface area contributed by atoms with Gasteiger partial charge in [-0.3, -0.25) is 4.79 Å². The van der Waals surface area contributed by atoms with Crippen molar-refractivity contribution in [1.29, 1.82) is 0 Å². The van der Waals surface area contributed by atoms with Gasteiger partial charge in [0.1, 0.15) is 0 Å². The molecule has 4 heteroatoms. The molecule has 0 aliphatic carbocycles. The van der Waals surface area contributed by atoms with E-state index in [1.165, 1.54) is 11.3 Å². The van der Waals surface area contributed by atoms with E-state index in [1.807, 2.05) is 20.8 Å². The topological polar surface area (TPSA) is 39.2 Å². The normalized spacial score (nSPS) is 11.7. The van der Waals surface area contributed by atoms with Crippen molar-refractivity contribution in [1.82, 2.24) is 4.98 Å². The molecule has 1 aromatic heterocycles. The number of ketones is 1. The summed E-state index contributed by atoms with van der Waals surface area (Å²) >= 11 is 1.45. The van der Waals surface area contributed by atoms with Crippen LogP contribution in [0.3, 0.4) is 0 Å². The summed E-state index contributed by atoms with van der Waals surface area (Å²) in [6, 6.07) is 0. The summed E-state index contributed by atoms with van der Waals surface area (Å²) in [4.78, 5) is 16.6. The summed E-state index contributed by atoms with van der Waals surface area (Å²) in [7, 11) is 1.67. The molecule has 0 aliphatic rings. The molecule has 0 saturated heterocycles. The standard InChI is InChI=1S/C11H17NO2S/c1-8-12-7-10(15-8)9(13)5-6-11(2,3)14-4/h7H,5-6H2,1-4H3. The zero-order valence-corrected chi connectivity index (χ0v) is 10.5. The number of aryl methyl sites for hydroxylation is 1. The van der Waals surface area contributed by atoms with Gasteiger partial charge in [0.25, 0.3) is 0 Å². The maximum atomic E-state index is 11.7. The Kier molecular flexibility index (Phi) is 3.99. The van der Waals surface area contributed by atoms with E-state index in [9.17, 15) is 4.79 Å². The molecule has 0 radical (unpaired) electrons. The smallest absolute Gasteiger partial charge is 0.174 e. The first-order valence-electron chi connectivity index (χ1n) is 4.95.